The van der Waals surface area contributed by atoms with E-state index in [4.69, 9.17) is 4.74 Å². The number of phenolic OH excluding ortho intramolecular Hbond substituents is 4. The minimum atomic E-state index is -0.506. The van der Waals surface area contributed by atoms with Gasteiger partial charge in [0.2, 0.25) is 0 Å². The fraction of sp³-hybridized carbons (Fsp3) is 0.121. The second kappa shape index (κ2) is 11.2. The number of carbonyl (C=O) groups is 1. The highest BCUT2D eigenvalue weighted by atomic mass is 16.5. The average molecular weight is 521 g/mol. The largest absolute Gasteiger partial charge is 0.508 e. The lowest BCUT2D eigenvalue weighted by atomic mass is 9.83. The van der Waals surface area contributed by atoms with Gasteiger partial charge in [0.15, 0.2) is 5.78 Å². The van der Waals surface area contributed by atoms with E-state index in [1.807, 2.05) is 54.6 Å². The summed E-state index contributed by atoms with van der Waals surface area (Å²) >= 11 is 0. The predicted octanol–water partition coefficient (Wildman–Crippen LogP) is 6.80. The van der Waals surface area contributed by atoms with Gasteiger partial charge in [0.1, 0.15) is 40.4 Å². The fourth-order valence-corrected chi connectivity index (χ4v) is 4.83. The molecule has 0 saturated carbocycles. The van der Waals surface area contributed by atoms with Crippen molar-refractivity contribution in [3.8, 4) is 28.7 Å². The molecule has 0 spiro atoms. The molecule has 4 aromatic rings. The third-order valence-electron chi connectivity index (χ3n) is 6.82. The van der Waals surface area contributed by atoms with Gasteiger partial charge in [0.25, 0.3) is 0 Å². The molecule has 1 aliphatic heterocycles. The molecule has 4 aromatic carbocycles. The van der Waals surface area contributed by atoms with E-state index >= 15 is 0 Å². The highest BCUT2D eigenvalue weighted by Gasteiger charge is 2.36. The lowest BCUT2D eigenvalue weighted by Gasteiger charge is -2.35. The molecule has 0 radical (unpaired) electrons. The van der Waals surface area contributed by atoms with Crippen LogP contribution in [0.1, 0.15) is 45.1 Å². The number of rotatable bonds is 7. The van der Waals surface area contributed by atoms with Crippen molar-refractivity contribution in [3.63, 3.8) is 0 Å². The Morgan fingerprint density at radius 1 is 0.795 bits per heavy atom. The third-order valence-corrected chi connectivity index (χ3v) is 6.82. The zero-order valence-electron chi connectivity index (χ0n) is 21.1. The van der Waals surface area contributed by atoms with Crippen LogP contribution < -0.4 is 4.74 Å². The van der Waals surface area contributed by atoms with Gasteiger partial charge in [0, 0.05) is 17.5 Å². The van der Waals surface area contributed by atoms with Crippen LogP contribution in [0.3, 0.4) is 0 Å². The van der Waals surface area contributed by atoms with Crippen LogP contribution in [-0.2, 0) is 6.42 Å². The quantitative estimate of drug-likeness (QED) is 0.158. The molecule has 6 heteroatoms. The molecule has 0 saturated heterocycles. The van der Waals surface area contributed by atoms with Gasteiger partial charge in [0.05, 0.1) is 0 Å². The Kier molecular flexibility index (Phi) is 7.37. The molecule has 5 rings (SSSR count). The van der Waals surface area contributed by atoms with Crippen molar-refractivity contribution < 1.29 is 30.0 Å². The van der Waals surface area contributed by atoms with Gasteiger partial charge in [-0.2, -0.15) is 0 Å². The van der Waals surface area contributed by atoms with Crippen molar-refractivity contribution in [2.75, 3.05) is 0 Å². The van der Waals surface area contributed by atoms with Gasteiger partial charge in [-0.05, 0) is 59.9 Å². The first-order chi connectivity index (χ1) is 18.9. The normalized spacial score (nSPS) is 16.7. The molecular formula is C33H28O6. The van der Waals surface area contributed by atoms with Crippen molar-refractivity contribution in [1.29, 1.82) is 0 Å². The van der Waals surface area contributed by atoms with E-state index in [1.165, 1.54) is 12.1 Å². The zero-order chi connectivity index (χ0) is 27.4. The summed E-state index contributed by atoms with van der Waals surface area (Å²) in [7, 11) is 0. The van der Waals surface area contributed by atoms with Crippen LogP contribution in [0.4, 0.5) is 0 Å². The first-order valence-corrected chi connectivity index (χ1v) is 12.7. The first kappa shape index (κ1) is 25.7. The zero-order valence-corrected chi connectivity index (χ0v) is 21.1. The van der Waals surface area contributed by atoms with Crippen LogP contribution in [0.5, 0.6) is 28.7 Å². The molecular weight excluding hydrogens is 492 g/mol. The maximum Gasteiger partial charge on any atom is 0.193 e. The number of carbonyl (C=O) groups excluding carboxylic acids is 1. The molecule has 0 aliphatic carbocycles. The second-order valence-electron chi connectivity index (χ2n) is 9.53. The molecule has 1 aliphatic rings. The Balaban J connectivity index is 1.50. The molecule has 196 valence electrons. The van der Waals surface area contributed by atoms with Crippen molar-refractivity contribution >= 4 is 17.9 Å². The number of phenols is 4. The summed E-state index contributed by atoms with van der Waals surface area (Å²) in [6, 6.07) is 24.1. The lowest BCUT2D eigenvalue weighted by molar-refractivity contribution is 0.0982. The van der Waals surface area contributed by atoms with E-state index in [9.17, 15) is 25.2 Å². The van der Waals surface area contributed by atoms with Crippen LogP contribution in [0.25, 0.3) is 12.2 Å². The smallest absolute Gasteiger partial charge is 0.193 e. The second-order valence-corrected chi connectivity index (χ2v) is 9.53. The number of allylic oxidation sites excluding steroid dienone is 2. The minimum absolute atomic E-state index is 0.00292. The standard InChI is InChI=1S/C33H28O6/c34-25-14-9-22(10-15-25)7-4-8-24-19-27-29(37)20-30(38)31(28(36)18-11-21-5-2-1-3-6-21)33(27)39-32(24)23-12-16-26(35)17-13-23/h1-7,9-18,20,24,32,34-35,37-38H,8,19H2/b7-4+,18-11+. The Morgan fingerprint density at radius 2 is 1.44 bits per heavy atom. The van der Waals surface area contributed by atoms with Crippen molar-refractivity contribution in [2.45, 2.75) is 18.9 Å². The summed E-state index contributed by atoms with van der Waals surface area (Å²) in [6.07, 6.45) is 7.48. The maximum atomic E-state index is 13.3. The summed E-state index contributed by atoms with van der Waals surface area (Å²) in [5, 5.41) is 40.8. The van der Waals surface area contributed by atoms with Gasteiger partial charge in [-0.3, -0.25) is 4.79 Å². The summed E-state index contributed by atoms with van der Waals surface area (Å²) < 4.78 is 6.43. The van der Waals surface area contributed by atoms with Crippen molar-refractivity contribution in [1.82, 2.24) is 0 Å². The molecule has 0 aromatic heterocycles. The van der Waals surface area contributed by atoms with E-state index in [2.05, 4.69) is 0 Å². The Hall–Kier alpha value is -4.97. The first-order valence-electron chi connectivity index (χ1n) is 12.7. The molecule has 2 atom stereocenters. The van der Waals surface area contributed by atoms with Crippen LogP contribution in [0.15, 0.2) is 97.1 Å². The highest BCUT2D eigenvalue weighted by Crippen LogP contribution is 2.48. The van der Waals surface area contributed by atoms with Crippen molar-refractivity contribution in [2.24, 2.45) is 5.92 Å². The number of hydrogen-bond donors (Lipinski definition) is 4. The van der Waals surface area contributed by atoms with Crippen LogP contribution >= 0.6 is 0 Å². The van der Waals surface area contributed by atoms with Crippen LogP contribution in [-0.4, -0.2) is 26.2 Å². The van der Waals surface area contributed by atoms with E-state index < -0.39 is 11.9 Å². The van der Waals surface area contributed by atoms with E-state index in [1.54, 1.807) is 42.5 Å². The van der Waals surface area contributed by atoms with E-state index in [0.717, 1.165) is 16.7 Å². The van der Waals surface area contributed by atoms with Crippen molar-refractivity contribution in [3.05, 3.63) is 125 Å². The number of ether oxygens (including phenoxy) is 1. The molecule has 0 fully saturated rings. The Labute approximate surface area is 226 Å². The monoisotopic (exact) mass is 520 g/mol. The summed E-state index contributed by atoms with van der Waals surface area (Å²) in [6.45, 7) is 0. The van der Waals surface area contributed by atoms with Crippen LogP contribution in [0.2, 0.25) is 0 Å². The number of benzene rings is 4. The van der Waals surface area contributed by atoms with E-state index in [0.29, 0.717) is 18.4 Å². The fourth-order valence-electron chi connectivity index (χ4n) is 4.83. The predicted molar refractivity (Wildman–Crippen MR) is 150 cm³/mol. The highest BCUT2D eigenvalue weighted by molar-refractivity contribution is 6.11. The number of fused-ring (bicyclic) bond motifs is 1. The molecule has 6 nitrogen and oxygen atoms in total. The SMILES string of the molecule is O=C(/C=C/c1ccccc1)c1c(O)cc(O)c2c1OC(c1ccc(O)cc1)C(C/C=C/c1ccc(O)cc1)C2. The minimum Gasteiger partial charge on any atom is -0.508 e. The average Bonchev–Trinajstić information content (AvgIpc) is 2.94. The summed E-state index contributed by atoms with van der Waals surface area (Å²) in [4.78, 5) is 13.3. The topological polar surface area (TPSA) is 107 Å². The summed E-state index contributed by atoms with van der Waals surface area (Å²) in [5.41, 5.74) is 3.01. The Morgan fingerprint density at radius 3 is 2.13 bits per heavy atom. The summed E-state index contributed by atoms with van der Waals surface area (Å²) in [5.74, 6) is -0.578. The molecule has 4 N–H and O–H groups in total. The molecule has 0 amide bonds. The van der Waals surface area contributed by atoms with Gasteiger partial charge < -0.3 is 25.2 Å². The van der Waals surface area contributed by atoms with Crippen LogP contribution in [0, 0.1) is 5.92 Å². The van der Waals surface area contributed by atoms with Gasteiger partial charge in [-0.25, -0.2) is 0 Å². The van der Waals surface area contributed by atoms with Gasteiger partial charge >= 0.3 is 0 Å². The van der Waals surface area contributed by atoms with Gasteiger partial charge in [-0.15, -0.1) is 0 Å². The van der Waals surface area contributed by atoms with E-state index in [-0.39, 0.29) is 40.2 Å². The molecule has 39 heavy (non-hydrogen) atoms. The number of hydrogen-bond acceptors (Lipinski definition) is 6. The number of ketones is 1. The molecule has 0 bridgehead atoms. The maximum absolute atomic E-state index is 13.3. The molecule has 1 heterocycles. The third kappa shape index (κ3) is 5.80. The number of aromatic hydroxyl groups is 4. The van der Waals surface area contributed by atoms with Gasteiger partial charge in [-0.1, -0.05) is 72.8 Å². The molecule has 2 unspecified atom stereocenters. The Bertz CT molecular complexity index is 1520. The lowest BCUT2D eigenvalue weighted by Crippen LogP contribution is -2.27.